The van der Waals surface area contributed by atoms with Gasteiger partial charge in [-0.25, -0.2) is 9.97 Å². The van der Waals surface area contributed by atoms with Gasteiger partial charge in [-0.1, -0.05) is 39.3 Å². The molecule has 0 aliphatic carbocycles. The number of thioether (sulfide) groups is 1. The fraction of sp³-hybridized carbons (Fsp3) is 0.429. The second kappa shape index (κ2) is 5.04. The van der Waals surface area contributed by atoms with Crippen molar-refractivity contribution in [1.82, 2.24) is 9.97 Å². The smallest absolute Gasteiger partial charge is 0.188 e. The largest absolute Gasteiger partial charge is 0.231 e. The molecule has 0 N–H and O–H groups in total. The molecular formula is C7H8BrClN2S. The predicted molar refractivity (Wildman–Crippen MR) is 56.3 cm³/mol. The van der Waals surface area contributed by atoms with Gasteiger partial charge in [0.25, 0.3) is 0 Å². The molecule has 0 aliphatic rings. The first-order chi connectivity index (χ1) is 5.77. The zero-order chi connectivity index (χ0) is 8.97. The second-order valence-corrected chi connectivity index (χ2v) is 4.04. The normalized spacial score (nSPS) is 10.2. The van der Waals surface area contributed by atoms with Crippen molar-refractivity contribution in [3.05, 3.63) is 16.9 Å². The SMILES string of the molecule is CSc1ncc(CCBr)c(Cl)n1. The van der Waals surface area contributed by atoms with Gasteiger partial charge < -0.3 is 0 Å². The minimum absolute atomic E-state index is 0.564. The number of hydrogen-bond acceptors (Lipinski definition) is 3. The maximum atomic E-state index is 5.90. The summed E-state index contributed by atoms with van der Waals surface area (Å²) < 4.78 is 0. The second-order valence-electron chi connectivity index (χ2n) is 2.11. The molecule has 66 valence electrons. The van der Waals surface area contributed by atoms with Crippen LogP contribution in [0.3, 0.4) is 0 Å². The summed E-state index contributed by atoms with van der Waals surface area (Å²) in [6, 6.07) is 0. The van der Waals surface area contributed by atoms with Crippen molar-refractivity contribution < 1.29 is 0 Å². The maximum Gasteiger partial charge on any atom is 0.188 e. The Morgan fingerprint density at radius 3 is 2.92 bits per heavy atom. The van der Waals surface area contributed by atoms with E-state index in [1.807, 2.05) is 6.26 Å². The van der Waals surface area contributed by atoms with Crippen LogP contribution in [0.15, 0.2) is 11.4 Å². The summed E-state index contributed by atoms with van der Waals surface area (Å²) in [5, 5.41) is 2.17. The Labute approximate surface area is 89.3 Å². The molecule has 1 rings (SSSR count). The van der Waals surface area contributed by atoms with Gasteiger partial charge in [-0.15, -0.1) is 0 Å². The highest BCUT2D eigenvalue weighted by atomic mass is 79.9. The quantitative estimate of drug-likeness (QED) is 0.364. The van der Waals surface area contributed by atoms with E-state index >= 15 is 0 Å². The lowest BCUT2D eigenvalue weighted by Gasteiger charge is -2.01. The van der Waals surface area contributed by atoms with Crippen molar-refractivity contribution in [3.8, 4) is 0 Å². The molecular weight excluding hydrogens is 260 g/mol. The standard InChI is InChI=1S/C7H8BrClN2S/c1-12-7-10-4-5(2-3-8)6(9)11-7/h4H,2-3H2,1H3. The summed E-state index contributed by atoms with van der Waals surface area (Å²) in [5.74, 6) is 0. The van der Waals surface area contributed by atoms with Crippen molar-refractivity contribution in [2.24, 2.45) is 0 Å². The lowest BCUT2D eigenvalue weighted by molar-refractivity contribution is 0.932. The van der Waals surface area contributed by atoms with Crippen LogP contribution in [0.25, 0.3) is 0 Å². The van der Waals surface area contributed by atoms with Gasteiger partial charge in [-0.05, 0) is 12.7 Å². The third kappa shape index (κ3) is 2.61. The van der Waals surface area contributed by atoms with Gasteiger partial charge >= 0.3 is 0 Å². The van der Waals surface area contributed by atoms with E-state index in [4.69, 9.17) is 11.6 Å². The number of halogens is 2. The zero-order valence-electron chi connectivity index (χ0n) is 6.55. The Kier molecular flexibility index (Phi) is 4.32. The van der Waals surface area contributed by atoms with Crippen LogP contribution in [-0.4, -0.2) is 21.6 Å². The van der Waals surface area contributed by atoms with E-state index in [0.717, 1.165) is 22.5 Å². The van der Waals surface area contributed by atoms with E-state index in [9.17, 15) is 0 Å². The van der Waals surface area contributed by atoms with E-state index in [0.29, 0.717) is 5.15 Å². The van der Waals surface area contributed by atoms with Gasteiger partial charge in [-0.3, -0.25) is 0 Å². The molecule has 0 unspecified atom stereocenters. The monoisotopic (exact) mass is 266 g/mol. The van der Waals surface area contributed by atoms with Crippen molar-refractivity contribution in [3.63, 3.8) is 0 Å². The van der Waals surface area contributed by atoms with Gasteiger partial charge in [-0.2, -0.15) is 0 Å². The third-order valence-corrected chi connectivity index (χ3v) is 2.62. The first-order valence-electron chi connectivity index (χ1n) is 3.39. The Hall–Kier alpha value is 0.200. The van der Waals surface area contributed by atoms with Gasteiger partial charge in [0.2, 0.25) is 0 Å². The highest BCUT2D eigenvalue weighted by molar-refractivity contribution is 9.09. The zero-order valence-corrected chi connectivity index (χ0v) is 9.71. The molecule has 2 nitrogen and oxygen atoms in total. The Bertz CT molecular complexity index is 270. The molecule has 5 heteroatoms. The van der Waals surface area contributed by atoms with E-state index in [1.54, 1.807) is 6.20 Å². The highest BCUT2D eigenvalue weighted by Crippen LogP contribution is 2.17. The molecule has 0 saturated heterocycles. The average molecular weight is 268 g/mol. The van der Waals surface area contributed by atoms with Crippen LogP contribution >= 0.6 is 39.3 Å². The van der Waals surface area contributed by atoms with Crippen LogP contribution in [0.2, 0.25) is 5.15 Å². The van der Waals surface area contributed by atoms with Gasteiger partial charge in [0.1, 0.15) is 5.15 Å². The van der Waals surface area contributed by atoms with Crippen LogP contribution in [0, 0.1) is 0 Å². The topological polar surface area (TPSA) is 25.8 Å². The lowest BCUT2D eigenvalue weighted by Crippen LogP contribution is -1.94. The highest BCUT2D eigenvalue weighted by Gasteiger charge is 2.02. The summed E-state index contributed by atoms with van der Waals surface area (Å²) >= 11 is 10.7. The number of rotatable bonds is 3. The van der Waals surface area contributed by atoms with Crippen LogP contribution < -0.4 is 0 Å². The molecule has 0 aliphatic heterocycles. The molecule has 0 bridgehead atoms. The molecule has 0 spiro atoms. The minimum atomic E-state index is 0.564. The summed E-state index contributed by atoms with van der Waals surface area (Å²) in [7, 11) is 0. The number of aromatic nitrogens is 2. The molecule has 0 atom stereocenters. The summed E-state index contributed by atoms with van der Waals surface area (Å²) in [4.78, 5) is 8.23. The average Bonchev–Trinajstić information content (AvgIpc) is 2.09. The molecule has 1 heterocycles. The van der Waals surface area contributed by atoms with E-state index < -0.39 is 0 Å². The lowest BCUT2D eigenvalue weighted by atomic mass is 10.3. The fourth-order valence-electron chi connectivity index (χ4n) is 0.739. The van der Waals surface area contributed by atoms with Crippen LogP contribution in [-0.2, 0) is 6.42 Å². The predicted octanol–water partition coefficient (Wildman–Crippen LogP) is 2.79. The van der Waals surface area contributed by atoms with E-state index in [2.05, 4.69) is 25.9 Å². The number of aryl methyl sites for hydroxylation is 1. The molecule has 0 amide bonds. The molecule has 0 aromatic carbocycles. The van der Waals surface area contributed by atoms with Gasteiger partial charge in [0, 0.05) is 17.1 Å². The molecule has 12 heavy (non-hydrogen) atoms. The van der Waals surface area contributed by atoms with Crippen molar-refractivity contribution >= 4 is 39.3 Å². The Morgan fingerprint density at radius 1 is 1.67 bits per heavy atom. The van der Waals surface area contributed by atoms with Crippen LogP contribution in [0.5, 0.6) is 0 Å². The maximum absolute atomic E-state index is 5.90. The molecule has 0 fully saturated rings. The van der Waals surface area contributed by atoms with Gasteiger partial charge in [0.15, 0.2) is 5.16 Å². The molecule has 0 radical (unpaired) electrons. The van der Waals surface area contributed by atoms with Crippen molar-refractivity contribution in [2.45, 2.75) is 11.6 Å². The Balaban J connectivity index is 2.87. The Morgan fingerprint density at radius 2 is 2.42 bits per heavy atom. The third-order valence-electron chi connectivity index (χ3n) is 1.34. The summed E-state index contributed by atoms with van der Waals surface area (Å²) in [6.07, 6.45) is 4.58. The van der Waals surface area contributed by atoms with E-state index in [1.165, 1.54) is 11.8 Å². The molecule has 1 aromatic heterocycles. The van der Waals surface area contributed by atoms with Crippen LogP contribution in [0.4, 0.5) is 0 Å². The summed E-state index contributed by atoms with van der Waals surface area (Å²) in [6.45, 7) is 0. The number of alkyl halides is 1. The van der Waals surface area contributed by atoms with Gasteiger partial charge in [0.05, 0.1) is 0 Å². The van der Waals surface area contributed by atoms with Crippen LogP contribution in [0.1, 0.15) is 5.56 Å². The first-order valence-corrected chi connectivity index (χ1v) is 6.11. The molecule has 0 saturated carbocycles. The number of nitrogens with zero attached hydrogens (tertiary/aromatic N) is 2. The summed E-state index contributed by atoms with van der Waals surface area (Å²) in [5.41, 5.74) is 0.992. The minimum Gasteiger partial charge on any atom is -0.231 e. The van der Waals surface area contributed by atoms with E-state index in [-0.39, 0.29) is 0 Å². The number of hydrogen-bond donors (Lipinski definition) is 0. The van der Waals surface area contributed by atoms with Crippen molar-refractivity contribution in [1.29, 1.82) is 0 Å². The van der Waals surface area contributed by atoms with Crippen molar-refractivity contribution in [2.75, 3.05) is 11.6 Å². The fourth-order valence-corrected chi connectivity index (χ4v) is 1.78. The first kappa shape index (κ1) is 10.3. The molecule has 1 aromatic rings.